The Bertz CT molecular complexity index is 1410. The van der Waals surface area contributed by atoms with Gasteiger partial charge < -0.3 is 19.7 Å². The molecule has 4 rings (SSSR count). The number of methoxy groups -OCH3 is 2. The number of benzene rings is 1. The molecule has 1 aliphatic heterocycles. The number of ether oxygens (including phenoxy) is 2. The van der Waals surface area contributed by atoms with Gasteiger partial charge in [0.15, 0.2) is 5.75 Å². The number of rotatable bonds is 6. The first-order valence-corrected chi connectivity index (χ1v) is 12.2. The van der Waals surface area contributed by atoms with Crippen molar-refractivity contribution in [2.45, 2.75) is 30.7 Å². The van der Waals surface area contributed by atoms with Gasteiger partial charge in [-0.25, -0.2) is 4.98 Å². The maximum absolute atomic E-state index is 13.5. The number of amides is 2. The second-order valence-corrected chi connectivity index (χ2v) is 9.18. The van der Waals surface area contributed by atoms with E-state index in [-0.39, 0.29) is 36.7 Å². The standard InChI is InChI=1S/C27H24F6N4O4/c1-40-21-12-16(13-35-24(21)41-2)25(39)37-11-9-20(18(14-37)15-5-7-17(8-6-15)26(28,29)30)36-23(38)22-19(27(31,32)33)4-3-10-34-22/h3-8,10,12-13,18,20H,9,11,14H2,1-2H3,(H,36,38)/t18-,20+/m1/s1. The average Bonchev–Trinajstić information content (AvgIpc) is 2.95. The molecule has 14 heteroatoms. The van der Waals surface area contributed by atoms with Crippen LogP contribution in [-0.4, -0.2) is 60.0 Å². The van der Waals surface area contributed by atoms with Gasteiger partial charge >= 0.3 is 12.4 Å². The van der Waals surface area contributed by atoms with E-state index in [4.69, 9.17) is 9.47 Å². The number of hydrogen-bond acceptors (Lipinski definition) is 6. The van der Waals surface area contributed by atoms with Crippen molar-refractivity contribution in [3.63, 3.8) is 0 Å². The predicted molar refractivity (Wildman–Crippen MR) is 133 cm³/mol. The number of aromatic nitrogens is 2. The second-order valence-electron chi connectivity index (χ2n) is 9.18. The van der Waals surface area contributed by atoms with Crippen molar-refractivity contribution in [2.24, 2.45) is 0 Å². The Morgan fingerprint density at radius 3 is 2.29 bits per heavy atom. The molecule has 0 saturated carbocycles. The molecule has 41 heavy (non-hydrogen) atoms. The molecule has 3 heterocycles. The molecule has 0 radical (unpaired) electrons. The molecular weight excluding hydrogens is 558 g/mol. The van der Waals surface area contributed by atoms with E-state index in [1.54, 1.807) is 0 Å². The molecular formula is C27H24F6N4O4. The molecule has 2 amide bonds. The summed E-state index contributed by atoms with van der Waals surface area (Å²) in [5, 5.41) is 2.56. The number of pyridine rings is 2. The minimum absolute atomic E-state index is 0.0577. The summed E-state index contributed by atoms with van der Waals surface area (Å²) in [6.45, 7) is 0.0292. The number of carbonyl (C=O) groups is 2. The van der Waals surface area contributed by atoms with Crippen LogP contribution in [0.5, 0.6) is 11.6 Å². The molecule has 1 aromatic carbocycles. The van der Waals surface area contributed by atoms with Crippen molar-refractivity contribution in [2.75, 3.05) is 27.3 Å². The van der Waals surface area contributed by atoms with Crippen molar-refractivity contribution in [1.29, 1.82) is 0 Å². The van der Waals surface area contributed by atoms with Crippen LogP contribution in [0.1, 0.15) is 49.9 Å². The van der Waals surface area contributed by atoms with Gasteiger partial charge in [0.25, 0.3) is 17.7 Å². The summed E-state index contributed by atoms with van der Waals surface area (Å²) in [6, 6.07) is 6.57. The van der Waals surface area contributed by atoms with Crippen LogP contribution >= 0.6 is 0 Å². The maximum Gasteiger partial charge on any atom is 0.418 e. The number of carbonyl (C=O) groups excluding carboxylic acids is 2. The Hall–Kier alpha value is -4.36. The average molecular weight is 583 g/mol. The molecule has 1 fully saturated rings. The van der Waals surface area contributed by atoms with Crippen LogP contribution in [0.4, 0.5) is 26.3 Å². The zero-order chi connectivity index (χ0) is 29.9. The van der Waals surface area contributed by atoms with Crippen molar-refractivity contribution in [3.05, 3.63) is 82.8 Å². The summed E-state index contributed by atoms with van der Waals surface area (Å²) in [7, 11) is 2.75. The SMILES string of the molecule is COc1cc(C(=O)N2CC[C@H](NC(=O)c3ncccc3C(F)(F)F)[C@@H](c3ccc(C(F)(F)F)cc3)C2)cnc1OC. The van der Waals surface area contributed by atoms with Crippen molar-refractivity contribution >= 4 is 11.8 Å². The lowest BCUT2D eigenvalue weighted by Gasteiger charge is -2.39. The fraction of sp³-hybridized carbons (Fsp3) is 0.333. The number of piperidine rings is 1. The maximum atomic E-state index is 13.5. The molecule has 0 bridgehead atoms. The van der Waals surface area contributed by atoms with E-state index in [1.807, 2.05) is 0 Å². The van der Waals surface area contributed by atoms with Crippen LogP contribution in [0.25, 0.3) is 0 Å². The lowest BCUT2D eigenvalue weighted by atomic mass is 9.85. The fourth-order valence-electron chi connectivity index (χ4n) is 4.65. The summed E-state index contributed by atoms with van der Waals surface area (Å²) in [4.78, 5) is 35.4. The highest BCUT2D eigenvalue weighted by molar-refractivity contribution is 5.95. The molecule has 1 N–H and O–H groups in total. The van der Waals surface area contributed by atoms with Crippen LogP contribution in [0, 0.1) is 0 Å². The van der Waals surface area contributed by atoms with Gasteiger partial charge in [-0.15, -0.1) is 0 Å². The number of likely N-dealkylation sites (tertiary alicyclic amines) is 1. The highest BCUT2D eigenvalue weighted by Gasteiger charge is 2.39. The molecule has 218 valence electrons. The highest BCUT2D eigenvalue weighted by Crippen LogP contribution is 2.35. The Kier molecular flexibility index (Phi) is 8.40. The third-order valence-corrected chi connectivity index (χ3v) is 6.69. The lowest BCUT2D eigenvalue weighted by Crippen LogP contribution is -2.51. The van der Waals surface area contributed by atoms with Crippen LogP contribution in [0.3, 0.4) is 0 Å². The molecule has 0 spiro atoms. The highest BCUT2D eigenvalue weighted by atomic mass is 19.4. The number of hydrogen-bond donors (Lipinski definition) is 1. The van der Waals surface area contributed by atoms with E-state index < -0.39 is 52.9 Å². The monoisotopic (exact) mass is 582 g/mol. The van der Waals surface area contributed by atoms with Crippen LogP contribution in [0.15, 0.2) is 54.9 Å². The van der Waals surface area contributed by atoms with Gasteiger partial charge in [0.2, 0.25) is 0 Å². The fourth-order valence-corrected chi connectivity index (χ4v) is 4.65. The molecule has 2 atom stereocenters. The largest absolute Gasteiger partial charge is 0.491 e. The minimum atomic E-state index is -4.84. The van der Waals surface area contributed by atoms with Crippen molar-refractivity contribution in [1.82, 2.24) is 20.2 Å². The van der Waals surface area contributed by atoms with Gasteiger partial charge in [0.05, 0.1) is 30.9 Å². The molecule has 0 aliphatic carbocycles. The first kappa shape index (κ1) is 29.6. The predicted octanol–water partition coefficient (Wildman–Crippen LogP) is 4.96. The second kappa shape index (κ2) is 11.6. The first-order chi connectivity index (χ1) is 19.3. The number of alkyl halides is 6. The van der Waals surface area contributed by atoms with E-state index >= 15 is 0 Å². The number of nitrogens with zero attached hydrogens (tertiary/aromatic N) is 3. The van der Waals surface area contributed by atoms with E-state index in [0.717, 1.165) is 30.5 Å². The van der Waals surface area contributed by atoms with E-state index in [2.05, 4.69) is 15.3 Å². The molecule has 1 saturated heterocycles. The van der Waals surface area contributed by atoms with Gasteiger partial charge in [-0.05, 0) is 36.2 Å². The Balaban J connectivity index is 1.64. The van der Waals surface area contributed by atoms with E-state index in [0.29, 0.717) is 5.56 Å². The Morgan fingerprint density at radius 2 is 1.68 bits per heavy atom. The molecule has 0 unspecified atom stereocenters. The summed E-state index contributed by atoms with van der Waals surface area (Å²) in [5.74, 6) is -1.96. The van der Waals surface area contributed by atoms with Crippen LogP contribution in [0.2, 0.25) is 0 Å². The third kappa shape index (κ3) is 6.52. The molecule has 8 nitrogen and oxygen atoms in total. The van der Waals surface area contributed by atoms with Crippen LogP contribution in [-0.2, 0) is 12.4 Å². The quantitative estimate of drug-likeness (QED) is 0.413. The third-order valence-electron chi connectivity index (χ3n) is 6.69. The summed E-state index contributed by atoms with van der Waals surface area (Å²) < 4.78 is 90.3. The molecule has 1 aliphatic rings. The zero-order valence-electron chi connectivity index (χ0n) is 21.7. The number of halogens is 6. The van der Waals surface area contributed by atoms with Crippen molar-refractivity contribution < 1.29 is 45.4 Å². The normalized spacial score (nSPS) is 17.6. The van der Waals surface area contributed by atoms with Gasteiger partial charge in [-0.1, -0.05) is 12.1 Å². The molecule has 2 aromatic heterocycles. The number of nitrogens with one attached hydrogen (secondary N) is 1. The van der Waals surface area contributed by atoms with Crippen LogP contribution < -0.4 is 14.8 Å². The summed E-state index contributed by atoms with van der Waals surface area (Å²) >= 11 is 0. The first-order valence-electron chi connectivity index (χ1n) is 12.2. The molecule has 3 aromatic rings. The van der Waals surface area contributed by atoms with Gasteiger partial charge in [-0.3, -0.25) is 14.6 Å². The summed E-state index contributed by atoms with van der Waals surface area (Å²) in [6.07, 6.45) is -7.00. The van der Waals surface area contributed by atoms with Gasteiger partial charge in [0.1, 0.15) is 5.69 Å². The van der Waals surface area contributed by atoms with Gasteiger partial charge in [0, 0.05) is 43.5 Å². The van der Waals surface area contributed by atoms with E-state index in [1.165, 1.54) is 43.5 Å². The minimum Gasteiger partial charge on any atom is -0.491 e. The topological polar surface area (TPSA) is 93.7 Å². The Labute approximate surface area is 230 Å². The Morgan fingerprint density at radius 1 is 0.976 bits per heavy atom. The summed E-state index contributed by atoms with van der Waals surface area (Å²) in [5.41, 5.74) is -2.45. The lowest BCUT2D eigenvalue weighted by molar-refractivity contribution is -0.138. The van der Waals surface area contributed by atoms with E-state index in [9.17, 15) is 35.9 Å². The van der Waals surface area contributed by atoms with Gasteiger partial charge in [-0.2, -0.15) is 26.3 Å². The van der Waals surface area contributed by atoms with Crippen molar-refractivity contribution in [3.8, 4) is 11.6 Å². The zero-order valence-corrected chi connectivity index (χ0v) is 21.7. The smallest absolute Gasteiger partial charge is 0.418 e.